The fourth-order valence-electron chi connectivity index (χ4n) is 2.41. The van der Waals surface area contributed by atoms with Crippen molar-refractivity contribution in [2.75, 3.05) is 32.1 Å². The number of hydrogen-bond acceptors (Lipinski definition) is 4. The van der Waals surface area contributed by atoms with E-state index in [1.165, 1.54) is 11.8 Å². The molecule has 0 aliphatic carbocycles. The highest BCUT2D eigenvalue weighted by atomic mass is 32.2. The quantitative estimate of drug-likeness (QED) is 0.477. The smallest absolute Gasteiger partial charge is 0.191 e. The topological polar surface area (TPSA) is 73.8 Å². The zero-order valence-corrected chi connectivity index (χ0v) is 17.5. The van der Waals surface area contributed by atoms with Gasteiger partial charge < -0.3 is 10.6 Å². The Morgan fingerprint density at radius 2 is 1.88 bits per heavy atom. The second kappa shape index (κ2) is 11.2. The first-order chi connectivity index (χ1) is 12.2. The molecule has 0 bridgehead atoms. The summed E-state index contributed by atoms with van der Waals surface area (Å²) in [7, 11) is -0.841. The third kappa shape index (κ3) is 9.77. The van der Waals surface area contributed by atoms with E-state index in [1.54, 1.807) is 0 Å². The molecule has 148 valence electrons. The summed E-state index contributed by atoms with van der Waals surface area (Å²) in [5, 5.41) is 6.52. The van der Waals surface area contributed by atoms with Crippen LogP contribution < -0.4 is 10.6 Å². The number of nitrogens with zero attached hydrogens (tertiary/aromatic N) is 2. The molecular weight excluding hydrogens is 348 g/mol. The molecule has 6 nitrogen and oxygen atoms in total. The molecule has 0 saturated carbocycles. The van der Waals surface area contributed by atoms with Crippen molar-refractivity contribution in [3.63, 3.8) is 0 Å². The van der Waals surface area contributed by atoms with E-state index >= 15 is 0 Å². The van der Waals surface area contributed by atoms with E-state index in [9.17, 15) is 8.42 Å². The molecule has 1 aromatic carbocycles. The summed E-state index contributed by atoms with van der Waals surface area (Å²) in [6.07, 6.45) is 1.83. The van der Waals surface area contributed by atoms with E-state index < -0.39 is 9.84 Å². The normalized spacial score (nSPS) is 14.9. The highest BCUT2D eigenvalue weighted by molar-refractivity contribution is 7.90. The molecule has 0 spiro atoms. The predicted octanol–water partition coefficient (Wildman–Crippen LogP) is 1.89. The van der Waals surface area contributed by atoms with Gasteiger partial charge in [-0.15, -0.1) is 0 Å². The van der Waals surface area contributed by atoms with Gasteiger partial charge in [-0.2, -0.15) is 0 Å². The van der Waals surface area contributed by atoms with Crippen molar-refractivity contribution >= 4 is 15.8 Å². The molecule has 26 heavy (non-hydrogen) atoms. The van der Waals surface area contributed by atoms with Crippen molar-refractivity contribution in [3.8, 4) is 0 Å². The summed E-state index contributed by atoms with van der Waals surface area (Å²) in [4.78, 5) is 6.94. The molecule has 2 atom stereocenters. The standard InChI is InChI=1S/C19H34N4O2S/c1-6-20-19(22-16(2)12-13-26(5,24)25)21-14-17(3)23(4)15-18-10-8-7-9-11-18/h7-11,16-17H,6,12-15H2,1-5H3,(H2,20,21,22). The minimum absolute atomic E-state index is 0.0416. The van der Waals surface area contributed by atoms with Gasteiger partial charge >= 0.3 is 0 Å². The molecule has 7 heteroatoms. The first-order valence-corrected chi connectivity index (χ1v) is 11.2. The number of nitrogens with one attached hydrogen (secondary N) is 2. The Morgan fingerprint density at radius 1 is 1.23 bits per heavy atom. The Hall–Kier alpha value is -1.60. The molecular formula is C19H34N4O2S. The monoisotopic (exact) mass is 382 g/mol. The van der Waals surface area contributed by atoms with Gasteiger partial charge in [0.15, 0.2) is 5.96 Å². The zero-order valence-electron chi connectivity index (χ0n) is 16.7. The van der Waals surface area contributed by atoms with Gasteiger partial charge in [0, 0.05) is 31.4 Å². The van der Waals surface area contributed by atoms with Crippen LogP contribution in [0.1, 0.15) is 32.8 Å². The lowest BCUT2D eigenvalue weighted by Gasteiger charge is -2.24. The Labute approximate surface area is 159 Å². The second-order valence-electron chi connectivity index (χ2n) is 6.93. The molecule has 1 rings (SSSR count). The van der Waals surface area contributed by atoms with Gasteiger partial charge in [-0.1, -0.05) is 30.3 Å². The van der Waals surface area contributed by atoms with Crippen LogP contribution in [0.3, 0.4) is 0 Å². The third-order valence-corrected chi connectivity index (χ3v) is 5.17. The summed E-state index contributed by atoms with van der Waals surface area (Å²) in [6, 6.07) is 10.7. The van der Waals surface area contributed by atoms with Crippen LogP contribution in [-0.4, -0.2) is 63.5 Å². The number of likely N-dealkylation sites (N-methyl/N-ethyl adjacent to an activating group) is 1. The second-order valence-corrected chi connectivity index (χ2v) is 9.19. The molecule has 0 radical (unpaired) electrons. The van der Waals surface area contributed by atoms with Gasteiger partial charge in [0.05, 0.1) is 12.3 Å². The number of sulfone groups is 1. The van der Waals surface area contributed by atoms with Crippen molar-refractivity contribution in [2.24, 2.45) is 4.99 Å². The van der Waals surface area contributed by atoms with Crippen LogP contribution in [0.2, 0.25) is 0 Å². The van der Waals surface area contributed by atoms with Gasteiger partial charge in [0.1, 0.15) is 9.84 Å². The summed E-state index contributed by atoms with van der Waals surface area (Å²) >= 11 is 0. The Kier molecular flexibility index (Phi) is 9.65. The van der Waals surface area contributed by atoms with E-state index in [0.29, 0.717) is 13.0 Å². The van der Waals surface area contributed by atoms with Crippen LogP contribution in [0.4, 0.5) is 0 Å². The van der Waals surface area contributed by atoms with Crippen LogP contribution in [-0.2, 0) is 16.4 Å². The van der Waals surface area contributed by atoms with Gasteiger partial charge in [-0.25, -0.2) is 8.42 Å². The van der Waals surface area contributed by atoms with E-state index in [-0.39, 0.29) is 17.8 Å². The molecule has 2 unspecified atom stereocenters. The molecule has 0 saturated heterocycles. The highest BCUT2D eigenvalue weighted by Crippen LogP contribution is 2.06. The predicted molar refractivity (Wildman–Crippen MR) is 110 cm³/mol. The van der Waals surface area contributed by atoms with Crippen molar-refractivity contribution in [1.82, 2.24) is 15.5 Å². The fourth-order valence-corrected chi connectivity index (χ4v) is 3.19. The van der Waals surface area contributed by atoms with E-state index in [0.717, 1.165) is 19.0 Å². The maximum Gasteiger partial charge on any atom is 0.191 e. The van der Waals surface area contributed by atoms with Crippen molar-refractivity contribution in [2.45, 2.75) is 45.8 Å². The summed E-state index contributed by atoms with van der Waals surface area (Å²) in [5.74, 6) is 0.907. The van der Waals surface area contributed by atoms with Crippen LogP contribution >= 0.6 is 0 Å². The average molecular weight is 383 g/mol. The lowest BCUT2D eigenvalue weighted by Crippen LogP contribution is -2.43. The van der Waals surface area contributed by atoms with E-state index in [2.05, 4.69) is 58.8 Å². The Morgan fingerprint density at radius 3 is 2.46 bits per heavy atom. The molecule has 0 heterocycles. The minimum atomic E-state index is -2.94. The Balaban J connectivity index is 2.55. The SMILES string of the molecule is CCNC(=NCC(C)N(C)Cc1ccccc1)NC(C)CCS(C)(=O)=O. The van der Waals surface area contributed by atoms with Crippen LogP contribution in [0, 0.1) is 0 Å². The molecule has 0 amide bonds. The number of aliphatic imine (C=N–C) groups is 1. The fraction of sp³-hybridized carbons (Fsp3) is 0.632. The third-order valence-electron chi connectivity index (χ3n) is 4.19. The molecule has 0 fully saturated rings. The van der Waals surface area contributed by atoms with E-state index in [1.807, 2.05) is 19.9 Å². The minimum Gasteiger partial charge on any atom is -0.357 e. The molecule has 1 aromatic rings. The van der Waals surface area contributed by atoms with Crippen LogP contribution in [0.25, 0.3) is 0 Å². The largest absolute Gasteiger partial charge is 0.357 e. The number of rotatable bonds is 10. The van der Waals surface area contributed by atoms with Crippen LogP contribution in [0.5, 0.6) is 0 Å². The zero-order chi connectivity index (χ0) is 19.6. The molecule has 0 aliphatic rings. The molecule has 0 aromatic heterocycles. The van der Waals surface area contributed by atoms with Gasteiger partial charge in [0.25, 0.3) is 0 Å². The number of hydrogen-bond donors (Lipinski definition) is 2. The lowest BCUT2D eigenvalue weighted by atomic mass is 10.2. The number of benzene rings is 1. The highest BCUT2D eigenvalue weighted by Gasteiger charge is 2.12. The maximum absolute atomic E-state index is 11.3. The maximum atomic E-state index is 11.3. The van der Waals surface area contributed by atoms with E-state index in [4.69, 9.17) is 0 Å². The van der Waals surface area contributed by atoms with Crippen molar-refractivity contribution in [1.29, 1.82) is 0 Å². The summed E-state index contributed by atoms with van der Waals surface area (Å²) in [5.41, 5.74) is 1.28. The summed E-state index contributed by atoms with van der Waals surface area (Å²) in [6.45, 7) is 8.46. The summed E-state index contributed by atoms with van der Waals surface area (Å²) < 4.78 is 22.6. The first-order valence-electron chi connectivity index (χ1n) is 9.18. The first kappa shape index (κ1) is 22.4. The average Bonchev–Trinajstić information content (AvgIpc) is 2.58. The van der Waals surface area contributed by atoms with Crippen LogP contribution in [0.15, 0.2) is 35.3 Å². The van der Waals surface area contributed by atoms with Gasteiger partial charge in [-0.05, 0) is 39.8 Å². The lowest BCUT2D eigenvalue weighted by molar-refractivity contribution is 0.255. The van der Waals surface area contributed by atoms with Crippen molar-refractivity contribution in [3.05, 3.63) is 35.9 Å². The molecule has 0 aliphatic heterocycles. The van der Waals surface area contributed by atoms with Gasteiger partial charge in [-0.3, -0.25) is 9.89 Å². The number of guanidine groups is 1. The van der Waals surface area contributed by atoms with Gasteiger partial charge in [0.2, 0.25) is 0 Å². The van der Waals surface area contributed by atoms with Crippen molar-refractivity contribution < 1.29 is 8.42 Å². The Bertz CT molecular complexity index is 647. The molecule has 2 N–H and O–H groups in total.